The van der Waals surface area contributed by atoms with Crippen LogP contribution in [0.2, 0.25) is 0 Å². The second-order valence-electron chi connectivity index (χ2n) is 6.53. The van der Waals surface area contributed by atoms with Gasteiger partial charge in [0.1, 0.15) is 0 Å². The van der Waals surface area contributed by atoms with Gasteiger partial charge in [0.15, 0.2) is 0 Å². The van der Waals surface area contributed by atoms with Crippen molar-refractivity contribution >= 4 is 5.69 Å². The molecule has 5 nitrogen and oxygen atoms in total. The quantitative estimate of drug-likeness (QED) is 0.679. The minimum absolute atomic E-state index is 0.114. The lowest BCUT2D eigenvalue weighted by atomic mass is 9.94. The number of nitrogens with zero attached hydrogens (tertiary/aromatic N) is 1. The summed E-state index contributed by atoms with van der Waals surface area (Å²) in [5.74, 6) is 0. The highest BCUT2D eigenvalue weighted by Crippen LogP contribution is 2.37. The third kappa shape index (κ3) is 3.35. The average Bonchev–Trinajstić information content (AvgIpc) is 2.54. The Morgan fingerprint density at radius 3 is 2.35 bits per heavy atom. The number of nitrogens with one attached hydrogen (secondary N) is 1. The van der Waals surface area contributed by atoms with E-state index in [1.807, 2.05) is 0 Å². The Labute approximate surface area is 119 Å². The molecular formula is C15H22N2O3. The number of non-ortho nitro benzene ring substituents is 1. The van der Waals surface area contributed by atoms with Gasteiger partial charge in [0, 0.05) is 24.7 Å². The van der Waals surface area contributed by atoms with E-state index in [2.05, 4.69) is 33.0 Å². The number of nitro benzene ring substituents is 1. The van der Waals surface area contributed by atoms with Gasteiger partial charge in [-0.25, -0.2) is 0 Å². The number of nitro groups is 1. The lowest BCUT2D eigenvalue weighted by molar-refractivity contribution is -0.384. The minimum atomic E-state index is -0.381. The van der Waals surface area contributed by atoms with Gasteiger partial charge in [0.25, 0.3) is 5.69 Å². The second-order valence-corrected chi connectivity index (χ2v) is 6.53. The summed E-state index contributed by atoms with van der Waals surface area (Å²) in [4.78, 5) is 10.2. The first-order valence-corrected chi connectivity index (χ1v) is 6.86. The normalized spacial score (nSPS) is 23.7. The molecule has 0 aliphatic carbocycles. The molecule has 20 heavy (non-hydrogen) atoms. The van der Waals surface area contributed by atoms with E-state index in [9.17, 15) is 10.1 Å². The van der Waals surface area contributed by atoms with Gasteiger partial charge in [0.2, 0.25) is 0 Å². The molecule has 5 heteroatoms. The maximum Gasteiger partial charge on any atom is 0.269 e. The maximum absolute atomic E-state index is 10.6. The summed E-state index contributed by atoms with van der Waals surface area (Å²) in [6, 6.07) is 6.93. The second kappa shape index (κ2) is 5.14. The first-order valence-electron chi connectivity index (χ1n) is 6.86. The largest absolute Gasteiger partial charge is 0.368 e. The molecule has 0 amide bonds. The number of ether oxygens (including phenoxy) is 1. The molecule has 1 aromatic carbocycles. The van der Waals surface area contributed by atoms with E-state index in [0.29, 0.717) is 6.54 Å². The van der Waals surface area contributed by atoms with Crippen LogP contribution in [0, 0.1) is 10.1 Å². The summed E-state index contributed by atoms with van der Waals surface area (Å²) >= 11 is 0. The number of rotatable bonds is 4. The van der Waals surface area contributed by atoms with Gasteiger partial charge in [-0.05, 0) is 39.7 Å². The van der Waals surface area contributed by atoms with Gasteiger partial charge in [-0.1, -0.05) is 12.1 Å². The molecule has 1 fully saturated rings. The van der Waals surface area contributed by atoms with E-state index in [0.717, 1.165) is 12.0 Å². The minimum Gasteiger partial charge on any atom is -0.368 e. The van der Waals surface area contributed by atoms with E-state index in [1.54, 1.807) is 12.1 Å². The number of hydrogen-bond donors (Lipinski definition) is 1. The highest BCUT2D eigenvalue weighted by molar-refractivity contribution is 5.32. The van der Waals surface area contributed by atoms with E-state index in [4.69, 9.17) is 4.74 Å². The first-order chi connectivity index (χ1) is 9.20. The van der Waals surface area contributed by atoms with Crippen LogP contribution in [0.25, 0.3) is 0 Å². The van der Waals surface area contributed by atoms with Crippen molar-refractivity contribution in [3.05, 3.63) is 39.9 Å². The van der Waals surface area contributed by atoms with Crippen LogP contribution in [-0.4, -0.2) is 22.2 Å². The molecule has 0 aromatic heterocycles. The maximum atomic E-state index is 10.6. The molecule has 0 saturated carbocycles. The Kier molecular flexibility index (Phi) is 3.84. The van der Waals surface area contributed by atoms with Crippen LogP contribution < -0.4 is 5.32 Å². The molecule has 1 aliphatic heterocycles. The molecule has 1 atom stereocenters. The summed E-state index contributed by atoms with van der Waals surface area (Å²) in [5.41, 5.74) is 0.844. The summed E-state index contributed by atoms with van der Waals surface area (Å²) < 4.78 is 6.04. The van der Waals surface area contributed by atoms with Crippen molar-refractivity contribution in [2.45, 2.75) is 57.9 Å². The van der Waals surface area contributed by atoms with Crippen molar-refractivity contribution in [3.8, 4) is 0 Å². The van der Waals surface area contributed by atoms with Crippen molar-refractivity contribution in [2.75, 3.05) is 0 Å². The fourth-order valence-corrected chi connectivity index (χ4v) is 2.86. The predicted molar refractivity (Wildman–Crippen MR) is 77.6 cm³/mol. The van der Waals surface area contributed by atoms with E-state index in [1.165, 1.54) is 12.1 Å². The molecule has 2 rings (SSSR count). The Morgan fingerprint density at radius 1 is 1.30 bits per heavy atom. The summed E-state index contributed by atoms with van der Waals surface area (Å²) in [7, 11) is 0. The average molecular weight is 278 g/mol. The smallest absolute Gasteiger partial charge is 0.269 e. The standard InChI is InChI=1S/C15H22N2O3/c1-14(2)9-13(15(3,4)20-14)16-10-11-5-7-12(8-6-11)17(18)19/h5-8,13,16H,9-10H2,1-4H3. The predicted octanol–water partition coefficient (Wildman–Crippen LogP) is 3.03. The van der Waals surface area contributed by atoms with Crippen molar-refractivity contribution in [3.63, 3.8) is 0 Å². The van der Waals surface area contributed by atoms with Crippen molar-refractivity contribution < 1.29 is 9.66 Å². The lowest BCUT2D eigenvalue weighted by Gasteiger charge is -2.27. The topological polar surface area (TPSA) is 64.4 Å². The Morgan fingerprint density at radius 2 is 1.90 bits per heavy atom. The van der Waals surface area contributed by atoms with Crippen LogP contribution in [0.5, 0.6) is 0 Å². The SMILES string of the molecule is CC1(C)CC(NCc2ccc([N+](=O)[O-])cc2)C(C)(C)O1. The molecule has 0 spiro atoms. The fraction of sp³-hybridized carbons (Fsp3) is 0.600. The van der Waals surface area contributed by atoms with Gasteiger partial charge in [0.05, 0.1) is 16.1 Å². The molecule has 1 saturated heterocycles. The van der Waals surface area contributed by atoms with Crippen LogP contribution in [0.1, 0.15) is 39.7 Å². The van der Waals surface area contributed by atoms with Gasteiger partial charge in [-0.3, -0.25) is 10.1 Å². The Balaban J connectivity index is 1.97. The molecule has 1 N–H and O–H groups in total. The van der Waals surface area contributed by atoms with Gasteiger partial charge >= 0.3 is 0 Å². The van der Waals surface area contributed by atoms with Crippen molar-refractivity contribution in [1.29, 1.82) is 0 Å². The Hall–Kier alpha value is -1.46. The molecule has 0 bridgehead atoms. The molecular weight excluding hydrogens is 256 g/mol. The van der Waals surface area contributed by atoms with Gasteiger partial charge in [-0.2, -0.15) is 0 Å². The molecule has 0 radical (unpaired) electrons. The molecule has 1 heterocycles. The van der Waals surface area contributed by atoms with Crippen molar-refractivity contribution in [2.24, 2.45) is 0 Å². The van der Waals surface area contributed by atoms with Gasteiger partial charge < -0.3 is 10.1 Å². The Bertz CT molecular complexity index is 494. The van der Waals surface area contributed by atoms with Crippen molar-refractivity contribution in [1.82, 2.24) is 5.32 Å². The van der Waals surface area contributed by atoms with Crippen LogP contribution in [-0.2, 0) is 11.3 Å². The molecule has 110 valence electrons. The third-order valence-electron chi connectivity index (χ3n) is 3.77. The molecule has 1 aliphatic rings. The summed E-state index contributed by atoms with van der Waals surface area (Å²) in [6.07, 6.45) is 0.951. The zero-order chi connectivity index (χ0) is 15.0. The monoisotopic (exact) mass is 278 g/mol. The van der Waals surface area contributed by atoms with Crippen LogP contribution >= 0.6 is 0 Å². The van der Waals surface area contributed by atoms with Gasteiger partial charge in [-0.15, -0.1) is 0 Å². The summed E-state index contributed by atoms with van der Waals surface area (Å²) in [6.45, 7) is 9.07. The zero-order valence-corrected chi connectivity index (χ0v) is 12.5. The van der Waals surface area contributed by atoms with Crippen LogP contribution in [0.3, 0.4) is 0 Å². The highest BCUT2D eigenvalue weighted by atomic mass is 16.6. The zero-order valence-electron chi connectivity index (χ0n) is 12.5. The third-order valence-corrected chi connectivity index (χ3v) is 3.77. The first kappa shape index (κ1) is 14.9. The highest BCUT2D eigenvalue weighted by Gasteiger charge is 2.45. The van der Waals surface area contributed by atoms with Crippen LogP contribution in [0.15, 0.2) is 24.3 Å². The van der Waals surface area contributed by atoms with E-state index >= 15 is 0 Å². The van der Waals surface area contributed by atoms with E-state index < -0.39 is 0 Å². The molecule has 1 unspecified atom stereocenters. The van der Waals surface area contributed by atoms with E-state index in [-0.39, 0.29) is 27.9 Å². The van der Waals surface area contributed by atoms with Crippen LogP contribution in [0.4, 0.5) is 5.69 Å². The molecule has 1 aromatic rings. The number of benzene rings is 1. The fourth-order valence-electron chi connectivity index (χ4n) is 2.86. The lowest BCUT2D eigenvalue weighted by Crippen LogP contribution is -2.42. The number of hydrogen-bond acceptors (Lipinski definition) is 4. The summed E-state index contributed by atoms with van der Waals surface area (Å²) in [5, 5.41) is 14.1.